The van der Waals surface area contributed by atoms with E-state index in [1.165, 1.54) is 18.4 Å². The van der Waals surface area contributed by atoms with Gasteiger partial charge in [0, 0.05) is 12.6 Å². The average molecular weight is 285 g/mol. The van der Waals surface area contributed by atoms with Gasteiger partial charge in [0.05, 0.1) is 7.11 Å². The van der Waals surface area contributed by atoms with Gasteiger partial charge in [-0.25, -0.2) is 0 Å². The van der Waals surface area contributed by atoms with E-state index in [1.807, 2.05) is 6.07 Å². The zero-order valence-corrected chi connectivity index (χ0v) is 12.7. The second kappa shape index (κ2) is 7.73. The lowest BCUT2D eigenvalue weighted by atomic mass is 9.91. The smallest absolute Gasteiger partial charge is 0.119 e. The molecule has 0 aromatic heterocycles. The van der Waals surface area contributed by atoms with E-state index in [9.17, 15) is 0 Å². The van der Waals surface area contributed by atoms with Crippen LogP contribution in [-0.4, -0.2) is 31.1 Å². The third-order valence-corrected chi connectivity index (χ3v) is 3.92. The third-order valence-electron chi connectivity index (χ3n) is 3.92. The largest absolute Gasteiger partial charge is 0.497 e. The van der Waals surface area contributed by atoms with Crippen molar-refractivity contribution in [2.24, 2.45) is 11.7 Å². The molecule has 1 saturated heterocycles. The summed E-state index contributed by atoms with van der Waals surface area (Å²) >= 11 is 0. The zero-order valence-electron chi connectivity index (χ0n) is 11.8. The Kier molecular flexibility index (Phi) is 6.63. The molecule has 0 spiro atoms. The van der Waals surface area contributed by atoms with Gasteiger partial charge in [-0.3, -0.25) is 4.90 Å². The SMILES string of the molecule is COc1cccc(CN2CCC(C(C)N)CC2)c1.Cl. The molecule has 0 bridgehead atoms. The maximum atomic E-state index is 5.97. The van der Waals surface area contributed by atoms with Gasteiger partial charge in [-0.15, -0.1) is 12.4 Å². The monoisotopic (exact) mass is 284 g/mol. The van der Waals surface area contributed by atoms with Crippen LogP contribution in [0.25, 0.3) is 0 Å². The second-order valence-electron chi connectivity index (χ2n) is 5.32. The number of nitrogens with zero attached hydrogens (tertiary/aromatic N) is 1. The fourth-order valence-corrected chi connectivity index (χ4v) is 2.67. The van der Waals surface area contributed by atoms with Crippen molar-refractivity contribution in [1.29, 1.82) is 0 Å². The zero-order chi connectivity index (χ0) is 13.0. The molecule has 4 heteroatoms. The topological polar surface area (TPSA) is 38.5 Å². The molecule has 0 amide bonds. The van der Waals surface area contributed by atoms with Gasteiger partial charge in [-0.2, -0.15) is 0 Å². The number of methoxy groups -OCH3 is 1. The van der Waals surface area contributed by atoms with Gasteiger partial charge in [0.1, 0.15) is 5.75 Å². The Morgan fingerprint density at radius 1 is 1.37 bits per heavy atom. The molecule has 1 atom stereocenters. The molecular formula is C15H25ClN2O. The van der Waals surface area contributed by atoms with Crippen LogP contribution < -0.4 is 10.5 Å². The molecule has 0 radical (unpaired) electrons. The Hall–Kier alpha value is -0.770. The van der Waals surface area contributed by atoms with E-state index in [0.29, 0.717) is 12.0 Å². The number of rotatable bonds is 4. The molecule has 0 aliphatic carbocycles. The predicted octanol–water partition coefficient (Wildman–Crippen LogP) is 2.68. The number of piperidine rings is 1. The van der Waals surface area contributed by atoms with Crippen molar-refractivity contribution in [3.8, 4) is 5.75 Å². The average Bonchev–Trinajstić information content (AvgIpc) is 2.39. The molecule has 1 aromatic rings. The number of likely N-dealkylation sites (tertiary alicyclic amines) is 1. The molecule has 1 aliphatic rings. The second-order valence-corrected chi connectivity index (χ2v) is 5.32. The fraction of sp³-hybridized carbons (Fsp3) is 0.600. The first-order valence-electron chi connectivity index (χ1n) is 6.80. The van der Waals surface area contributed by atoms with Gasteiger partial charge >= 0.3 is 0 Å². The quantitative estimate of drug-likeness (QED) is 0.924. The van der Waals surface area contributed by atoms with E-state index >= 15 is 0 Å². The number of nitrogens with two attached hydrogens (primary N) is 1. The van der Waals surface area contributed by atoms with Crippen molar-refractivity contribution >= 4 is 12.4 Å². The van der Waals surface area contributed by atoms with Crippen molar-refractivity contribution in [3.05, 3.63) is 29.8 Å². The van der Waals surface area contributed by atoms with Crippen LogP contribution in [0.4, 0.5) is 0 Å². The Morgan fingerprint density at radius 2 is 2.05 bits per heavy atom. The highest BCUT2D eigenvalue weighted by Gasteiger charge is 2.21. The Morgan fingerprint density at radius 3 is 2.63 bits per heavy atom. The number of ether oxygens (including phenoxy) is 1. The summed E-state index contributed by atoms with van der Waals surface area (Å²) in [6, 6.07) is 8.68. The lowest BCUT2D eigenvalue weighted by Crippen LogP contribution is -2.39. The molecule has 1 fully saturated rings. The summed E-state index contributed by atoms with van der Waals surface area (Å²) in [5.74, 6) is 1.64. The maximum Gasteiger partial charge on any atom is 0.119 e. The molecule has 1 aliphatic heterocycles. The third kappa shape index (κ3) is 4.68. The molecule has 0 saturated carbocycles. The van der Waals surface area contributed by atoms with Crippen LogP contribution in [-0.2, 0) is 6.54 Å². The summed E-state index contributed by atoms with van der Waals surface area (Å²) in [6.07, 6.45) is 2.45. The van der Waals surface area contributed by atoms with E-state index in [1.54, 1.807) is 7.11 Å². The van der Waals surface area contributed by atoms with Crippen LogP contribution in [0.3, 0.4) is 0 Å². The van der Waals surface area contributed by atoms with Crippen LogP contribution in [0, 0.1) is 5.92 Å². The highest BCUT2D eigenvalue weighted by Crippen LogP contribution is 2.22. The Balaban J connectivity index is 0.00000180. The first-order chi connectivity index (χ1) is 8.69. The number of hydrogen-bond donors (Lipinski definition) is 1. The first kappa shape index (κ1) is 16.3. The lowest BCUT2D eigenvalue weighted by Gasteiger charge is -2.33. The molecule has 2 N–H and O–H groups in total. The highest BCUT2D eigenvalue weighted by atomic mass is 35.5. The van der Waals surface area contributed by atoms with Gasteiger partial charge in [-0.1, -0.05) is 12.1 Å². The summed E-state index contributed by atoms with van der Waals surface area (Å²) in [6.45, 7) is 5.46. The summed E-state index contributed by atoms with van der Waals surface area (Å²) in [5, 5.41) is 0. The maximum absolute atomic E-state index is 5.97. The summed E-state index contributed by atoms with van der Waals surface area (Å²) < 4.78 is 5.26. The van der Waals surface area contributed by atoms with Gasteiger partial charge in [0.15, 0.2) is 0 Å². The van der Waals surface area contributed by atoms with Crippen LogP contribution in [0.2, 0.25) is 0 Å². The molecule has 108 valence electrons. The minimum Gasteiger partial charge on any atom is -0.497 e. The summed E-state index contributed by atoms with van der Waals surface area (Å²) in [4.78, 5) is 2.51. The van der Waals surface area contributed by atoms with Crippen molar-refractivity contribution in [2.75, 3.05) is 20.2 Å². The van der Waals surface area contributed by atoms with E-state index < -0.39 is 0 Å². The Labute approximate surface area is 122 Å². The van der Waals surface area contributed by atoms with Crippen molar-refractivity contribution in [3.63, 3.8) is 0 Å². The molecule has 1 aromatic carbocycles. The van der Waals surface area contributed by atoms with Crippen LogP contribution in [0.15, 0.2) is 24.3 Å². The highest BCUT2D eigenvalue weighted by molar-refractivity contribution is 5.85. The summed E-state index contributed by atoms with van der Waals surface area (Å²) in [7, 11) is 1.72. The number of benzene rings is 1. The standard InChI is InChI=1S/C15H24N2O.ClH/c1-12(16)14-6-8-17(9-7-14)11-13-4-3-5-15(10-13)18-2;/h3-5,10,12,14H,6-9,11,16H2,1-2H3;1H. The number of hydrogen-bond acceptors (Lipinski definition) is 3. The molecular weight excluding hydrogens is 260 g/mol. The van der Waals surface area contributed by atoms with E-state index in [0.717, 1.165) is 25.4 Å². The van der Waals surface area contributed by atoms with Crippen molar-refractivity contribution in [1.82, 2.24) is 4.90 Å². The predicted molar refractivity (Wildman–Crippen MR) is 81.9 cm³/mol. The fourth-order valence-electron chi connectivity index (χ4n) is 2.67. The Bertz CT molecular complexity index is 376. The first-order valence-corrected chi connectivity index (χ1v) is 6.80. The summed E-state index contributed by atoms with van der Waals surface area (Å²) in [5.41, 5.74) is 7.30. The molecule has 19 heavy (non-hydrogen) atoms. The lowest BCUT2D eigenvalue weighted by molar-refractivity contribution is 0.165. The number of halogens is 1. The molecule has 1 unspecified atom stereocenters. The van der Waals surface area contributed by atoms with Gasteiger partial charge in [0.25, 0.3) is 0 Å². The van der Waals surface area contributed by atoms with E-state index in [-0.39, 0.29) is 12.4 Å². The van der Waals surface area contributed by atoms with Gasteiger partial charge in [0.2, 0.25) is 0 Å². The van der Waals surface area contributed by atoms with Gasteiger partial charge < -0.3 is 10.5 Å². The van der Waals surface area contributed by atoms with Crippen LogP contribution in [0.5, 0.6) is 5.75 Å². The molecule has 3 nitrogen and oxygen atoms in total. The van der Waals surface area contributed by atoms with E-state index in [4.69, 9.17) is 10.5 Å². The molecule has 1 heterocycles. The molecule has 2 rings (SSSR count). The van der Waals surface area contributed by atoms with Crippen molar-refractivity contribution in [2.45, 2.75) is 32.4 Å². The minimum absolute atomic E-state index is 0. The van der Waals surface area contributed by atoms with E-state index in [2.05, 4.69) is 30.0 Å². The normalized spacial score (nSPS) is 18.7. The van der Waals surface area contributed by atoms with Crippen LogP contribution in [0.1, 0.15) is 25.3 Å². The van der Waals surface area contributed by atoms with Gasteiger partial charge in [-0.05, 0) is 56.5 Å². The van der Waals surface area contributed by atoms with Crippen LogP contribution >= 0.6 is 12.4 Å². The minimum atomic E-state index is 0. The van der Waals surface area contributed by atoms with Crippen molar-refractivity contribution < 1.29 is 4.74 Å².